The molecule has 1 saturated heterocycles. The topological polar surface area (TPSA) is 67.6 Å². The zero-order chi connectivity index (χ0) is 20.4. The van der Waals surface area contributed by atoms with E-state index in [4.69, 9.17) is 4.74 Å². The molecule has 2 aliphatic rings. The molecule has 28 heavy (non-hydrogen) atoms. The van der Waals surface area contributed by atoms with Gasteiger partial charge in [0.1, 0.15) is 5.82 Å². The first-order chi connectivity index (χ1) is 13.7. The van der Waals surface area contributed by atoms with Gasteiger partial charge in [0, 0.05) is 31.3 Å². The van der Waals surface area contributed by atoms with Crippen molar-refractivity contribution in [3.8, 4) is 0 Å². The number of hydrogen-bond donors (Lipinski definition) is 2. The Morgan fingerprint density at radius 2 is 1.89 bits per heavy atom. The van der Waals surface area contributed by atoms with Crippen LogP contribution < -0.4 is 16.0 Å². The van der Waals surface area contributed by atoms with Crippen molar-refractivity contribution in [1.29, 1.82) is 0 Å². The molecule has 0 spiro atoms. The number of amides is 1. The highest BCUT2D eigenvalue weighted by Crippen LogP contribution is 2.29. The van der Waals surface area contributed by atoms with Crippen molar-refractivity contribution in [1.82, 2.24) is 0 Å². The summed E-state index contributed by atoms with van der Waals surface area (Å²) >= 11 is 0. The van der Waals surface area contributed by atoms with Gasteiger partial charge < -0.3 is 20.7 Å². The number of carbonyl (C=O) groups is 1. The van der Waals surface area contributed by atoms with Crippen molar-refractivity contribution >= 4 is 17.3 Å². The zero-order valence-corrected chi connectivity index (χ0v) is 17.4. The third-order valence-corrected chi connectivity index (χ3v) is 5.58. The number of unbranched alkanes of at least 4 members (excludes halogenated alkanes) is 1. The lowest BCUT2D eigenvalue weighted by molar-refractivity contribution is -0.121. The molecule has 1 aliphatic heterocycles. The van der Waals surface area contributed by atoms with E-state index in [0.717, 1.165) is 76.8 Å². The Balaban J connectivity index is 0.00000136. The lowest BCUT2D eigenvalue weighted by Crippen LogP contribution is -2.30. The summed E-state index contributed by atoms with van der Waals surface area (Å²) in [5.74, 6) is -0.456. The predicted molar refractivity (Wildman–Crippen MR) is 113 cm³/mol. The van der Waals surface area contributed by atoms with Crippen molar-refractivity contribution in [2.45, 2.75) is 64.4 Å². The minimum atomic E-state index is -0.348. The largest absolute Gasteiger partial charge is 0.378 e. The number of ether oxygens (including phenoxy) is 1. The van der Waals surface area contributed by atoms with Crippen molar-refractivity contribution in [2.75, 3.05) is 37.0 Å². The molecule has 0 unspecified atom stereocenters. The van der Waals surface area contributed by atoms with Crippen LogP contribution >= 0.6 is 0 Å². The molecule has 1 aliphatic carbocycles. The molecule has 0 bridgehead atoms. The fourth-order valence-electron chi connectivity index (χ4n) is 3.90. The Morgan fingerprint density at radius 3 is 2.50 bits per heavy atom. The van der Waals surface area contributed by atoms with Crippen LogP contribution in [0.4, 0.5) is 15.8 Å². The van der Waals surface area contributed by atoms with E-state index in [-0.39, 0.29) is 23.7 Å². The van der Waals surface area contributed by atoms with Crippen LogP contribution in [-0.4, -0.2) is 38.8 Å². The summed E-state index contributed by atoms with van der Waals surface area (Å²) in [5, 5.41) is 2.79. The Morgan fingerprint density at radius 1 is 1.21 bits per heavy atom. The molecule has 1 amide bonds. The molecular formula is C22H36FN3O2. The lowest BCUT2D eigenvalue weighted by atomic mass is 9.86. The van der Waals surface area contributed by atoms with E-state index in [1.807, 2.05) is 6.07 Å². The summed E-state index contributed by atoms with van der Waals surface area (Å²) in [7, 11) is 1.50. The fraction of sp³-hybridized carbons (Fsp3) is 0.682. The summed E-state index contributed by atoms with van der Waals surface area (Å²) in [4.78, 5) is 14.7. The van der Waals surface area contributed by atoms with Gasteiger partial charge in [0.05, 0.1) is 11.8 Å². The van der Waals surface area contributed by atoms with Crippen LogP contribution in [0.5, 0.6) is 0 Å². The van der Waals surface area contributed by atoms with Gasteiger partial charge >= 0.3 is 0 Å². The quantitative estimate of drug-likeness (QED) is 0.677. The average molecular weight is 394 g/mol. The minimum absolute atomic E-state index is 0.0429. The molecule has 2 fully saturated rings. The normalized spacial score (nSPS) is 21.8. The molecule has 3 rings (SSSR count). The molecule has 0 atom stereocenters. The summed E-state index contributed by atoms with van der Waals surface area (Å²) in [5.41, 5.74) is 5.70. The smallest absolute Gasteiger partial charge is 0.227 e. The highest BCUT2D eigenvalue weighted by atomic mass is 19.1. The zero-order valence-electron chi connectivity index (χ0n) is 17.4. The van der Waals surface area contributed by atoms with Crippen LogP contribution in [0.1, 0.15) is 58.3 Å². The van der Waals surface area contributed by atoms with Gasteiger partial charge in [0.25, 0.3) is 0 Å². The number of nitrogens with two attached hydrogens (primary N) is 1. The van der Waals surface area contributed by atoms with Gasteiger partial charge in [0.2, 0.25) is 5.91 Å². The van der Waals surface area contributed by atoms with Crippen molar-refractivity contribution in [3.05, 3.63) is 24.0 Å². The molecule has 1 aromatic rings. The number of halogens is 1. The van der Waals surface area contributed by atoms with Gasteiger partial charge in [-0.2, -0.15) is 0 Å². The predicted octanol–water partition coefficient (Wildman–Crippen LogP) is 4.31. The molecule has 158 valence electrons. The summed E-state index contributed by atoms with van der Waals surface area (Å²) in [6.45, 7) is 4.93. The number of hydrogen-bond acceptors (Lipinski definition) is 4. The van der Waals surface area contributed by atoms with E-state index in [9.17, 15) is 9.18 Å². The van der Waals surface area contributed by atoms with Gasteiger partial charge in [-0.3, -0.25) is 4.79 Å². The Hall–Kier alpha value is -1.66. The Kier molecular flexibility index (Phi) is 9.71. The molecule has 3 N–H and O–H groups in total. The summed E-state index contributed by atoms with van der Waals surface area (Å²) in [6.07, 6.45) is 8.29. The van der Waals surface area contributed by atoms with Crippen molar-refractivity contribution in [3.63, 3.8) is 0 Å². The van der Waals surface area contributed by atoms with E-state index in [1.165, 1.54) is 7.05 Å². The molecule has 1 aromatic carbocycles. The SMILES string of the molecule is CCCCOC1CCC(C(=O)Nc2ccc(N3CCCC3)cc2F)CC1.CN. The van der Waals surface area contributed by atoms with E-state index >= 15 is 0 Å². The maximum absolute atomic E-state index is 14.4. The van der Waals surface area contributed by atoms with Crippen molar-refractivity contribution in [2.24, 2.45) is 11.7 Å². The maximum Gasteiger partial charge on any atom is 0.227 e. The van der Waals surface area contributed by atoms with E-state index in [1.54, 1.807) is 12.1 Å². The third-order valence-electron chi connectivity index (χ3n) is 5.58. The number of nitrogens with one attached hydrogen (secondary N) is 1. The van der Waals surface area contributed by atoms with Crippen LogP contribution in [0.2, 0.25) is 0 Å². The van der Waals surface area contributed by atoms with E-state index in [2.05, 4.69) is 22.9 Å². The van der Waals surface area contributed by atoms with Gasteiger partial charge in [-0.25, -0.2) is 4.39 Å². The van der Waals surface area contributed by atoms with Gasteiger partial charge in [0.15, 0.2) is 0 Å². The van der Waals surface area contributed by atoms with E-state index < -0.39 is 0 Å². The molecule has 1 saturated carbocycles. The average Bonchev–Trinajstić information content (AvgIpc) is 3.26. The molecule has 5 nitrogen and oxygen atoms in total. The highest BCUT2D eigenvalue weighted by Gasteiger charge is 2.27. The molecular weight excluding hydrogens is 357 g/mol. The second kappa shape index (κ2) is 12.0. The number of benzene rings is 1. The van der Waals surface area contributed by atoms with Crippen LogP contribution in [0, 0.1) is 11.7 Å². The minimum Gasteiger partial charge on any atom is -0.378 e. The number of nitrogens with zero attached hydrogens (tertiary/aromatic N) is 1. The third kappa shape index (κ3) is 6.45. The van der Waals surface area contributed by atoms with Gasteiger partial charge in [-0.1, -0.05) is 13.3 Å². The van der Waals surface area contributed by atoms with Gasteiger partial charge in [-0.05, 0) is 70.2 Å². The van der Waals surface area contributed by atoms with Crippen LogP contribution in [0.25, 0.3) is 0 Å². The number of rotatable bonds is 7. The first kappa shape index (κ1) is 22.6. The number of carbonyl (C=O) groups excluding carboxylic acids is 1. The Labute approximate surface area is 168 Å². The van der Waals surface area contributed by atoms with Gasteiger partial charge in [-0.15, -0.1) is 0 Å². The summed E-state index contributed by atoms with van der Waals surface area (Å²) < 4.78 is 20.3. The van der Waals surface area contributed by atoms with Crippen LogP contribution in [0.15, 0.2) is 18.2 Å². The molecule has 1 heterocycles. The lowest BCUT2D eigenvalue weighted by Gasteiger charge is -2.28. The monoisotopic (exact) mass is 393 g/mol. The standard InChI is InChI=1S/C21H31FN2O2.CH5N/c1-2-3-14-26-18-9-6-16(7-10-18)21(25)23-20-11-8-17(15-19(20)22)24-12-4-5-13-24;1-2/h8,11,15-16,18H,2-7,9-10,12-14H2,1H3,(H,23,25);2H2,1H3. The summed E-state index contributed by atoms with van der Waals surface area (Å²) in [6, 6.07) is 5.14. The molecule has 0 aromatic heterocycles. The Bertz CT molecular complexity index is 597. The van der Waals surface area contributed by atoms with Crippen LogP contribution in [0.3, 0.4) is 0 Å². The molecule has 0 radical (unpaired) electrons. The molecule has 6 heteroatoms. The second-order valence-corrected chi connectivity index (χ2v) is 7.55. The first-order valence-corrected chi connectivity index (χ1v) is 10.7. The van der Waals surface area contributed by atoms with Crippen LogP contribution in [-0.2, 0) is 9.53 Å². The second-order valence-electron chi connectivity index (χ2n) is 7.55. The fourth-order valence-corrected chi connectivity index (χ4v) is 3.90. The van der Waals surface area contributed by atoms with E-state index in [0.29, 0.717) is 5.69 Å². The highest BCUT2D eigenvalue weighted by molar-refractivity contribution is 5.92. The first-order valence-electron chi connectivity index (χ1n) is 10.7. The maximum atomic E-state index is 14.4. The number of anilines is 2. The van der Waals surface area contributed by atoms with Crippen molar-refractivity contribution < 1.29 is 13.9 Å².